The Labute approximate surface area is 156 Å². The van der Waals surface area contributed by atoms with E-state index in [1.807, 2.05) is 6.07 Å². The Morgan fingerprint density at radius 2 is 2.04 bits per heavy atom. The number of pyridine rings is 1. The lowest BCUT2D eigenvalue weighted by molar-refractivity contribution is -0.0616. The lowest BCUT2D eigenvalue weighted by atomic mass is 9.84. The van der Waals surface area contributed by atoms with Gasteiger partial charge >= 0.3 is 5.97 Å². The second kappa shape index (κ2) is 7.09. The molecule has 2 N–H and O–H groups in total. The first-order valence-electron chi connectivity index (χ1n) is 8.98. The number of aromatic carboxylic acids is 1. The van der Waals surface area contributed by atoms with Crippen LogP contribution in [0.4, 0.5) is 0 Å². The van der Waals surface area contributed by atoms with Gasteiger partial charge in [0.2, 0.25) is 0 Å². The van der Waals surface area contributed by atoms with E-state index >= 15 is 0 Å². The van der Waals surface area contributed by atoms with E-state index in [-0.39, 0.29) is 18.3 Å². The van der Waals surface area contributed by atoms with Gasteiger partial charge in [-0.3, -0.25) is 0 Å². The highest BCUT2D eigenvalue weighted by atomic mass is 16.5. The summed E-state index contributed by atoms with van der Waals surface area (Å²) in [5.41, 5.74) is 2.27. The Morgan fingerprint density at radius 1 is 1.30 bits per heavy atom. The van der Waals surface area contributed by atoms with Crippen LogP contribution in [-0.2, 0) is 4.74 Å². The van der Waals surface area contributed by atoms with Crippen molar-refractivity contribution in [2.45, 2.75) is 32.0 Å². The highest BCUT2D eigenvalue weighted by Gasteiger charge is 2.26. The monoisotopic (exact) mass is 367 g/mol. The van der Waals surface area contributed by atoms with Crippen LogP contribution in [0.5, 0.6) is 0 Å². The molecule has 1 fully saturated rings. The minimum absolute atomic E-state index is 0.217. The standard InChI is InChI=1S/C20H21N3O4/c1-12-6-17(7-12)27-11-18(24)14-8-15-10-22-23(19(15)21-9-14)16-4-2-13(3-5-16)20(25)26/h2-5,8-10,12,17-18,24H,6-7,11H2,1H3,(H,25,26)/t12?,17?,18-/m1/s1. The van der Waals surface area contributed by atoms with Gasteiger partial charge in [-0.15, -0.1) is 0 Å². The van der Waals surface area contributed by atoms with Crippen LogP contribution in [0, 0.1) is 5.92 Å². The number of hydrogen-bond acceptors (Lipinski definition) is 5. The Balaban J connectivity index is 1.51. The SMILES string of the molecule is CC1CC(OC[C@@H](O)c2cnc3c(cnn3-c3ccc(C(=O)O)cc3)c2)C1. The zero-order chi connectivity index (χ0) is 19.0. The van der Waals surface area contributed by atoms with E-state index in [2.05, 4.69) is 17.0 Å². The van der Waals surface area contributed by atoms with Crippen LogP contribution in [0.2, 0.25) is 0 Å². The molecule has 1 aliphatic carbocycles. The zero-order valence-electron chi connectivity index (χ0n) is 14.9. The van der Waals surface area contributed by atoms with Crippen molar-refractivity contribution in [1.82, 2.24) is 14.8 Å². The lowest BCUT2D eigenvalue weighted by Crippen LogP contribution is -2.30. The van der Waals surface area contributed by atoms with E-state index in [4.69, 9.17) is 9.84 Å². The molecule has 1 aliphatic rings. The number of fused-ring (bicyclic) bond motifs is 1. The van der Waals surface area contributed by atoms with Gasteiger partial charge in [0.1, 0.15) is 6.10 Å². The van der Waals surface area contributed by atoms with Crippen LogP contribution < -0.4 is 0 Å². The van der Waals surface area contributed by atoms with Gasteiger partial charge in [0.15, 0.2) is 5.65 Å². The number of carboxylic acid groups (broad SMARTS) is 1. The van der Waals surface area contributed by atoms with Crippen molar-refractivity contribution in [3.8, 4) is 5.69 Å². The van der Waals surface area contributed by atoms with Gasteiger partial charge < -0.3 is 14.9 Å². The van der Waals surface area contributed by atoms with E-state index in [9.17, 15) is 9.90 Å². The molecular formula is C20H21N3O4. The average molecular weight is 367 g/mol. The minimum atomic E-state index is -0.970. The summed E-state index contributed by atoms with van der Waals surface area (Å²) >= 11 is 0. The summed E-state index contributed by atoms with van der Waals surface area (Å²) in [6, 6.07) is 8.29. The largest absolute Gasteiger partial charge is 0.478 e. The van der Waals surface area contributed by atoms with Crippen molar-refractivity contribution < 1.29 is 19.7 Å². The third kappa shape index (κ3) is 3.56. The quantitative estimate of drug-likeness (QED) is 0.695. The van der Waals surface area contributed by atoms with Crippen LogP contribution >= 0.6 is 0 Å². The lowest BCUT2D eigenvalue weighted by Gasteiger charge is -2.33. The Hall–Kier alpha value is -2.77. The highest BCUT2D eigenvalue weighted by Crippen LogP contribution is 2.30. The van der Waals surface area contributed by atoms with Crippen molar-refractivity contribution in [2.75, 3.05) is 6.61 Å². The molecule has 0 aliphatic heterocycles. The molecule has 2 aromatic heterocycles. The van der Waals surface area contributed by atoms with Gasteiger partial charge in [0.25, 0.3) is 0 Å². The third-order valence-electron chi connectivity index (χ3n) is 4.99. The van der Waals surface area contributed by atoms with E-state index < -0.39 is 12.1 Å². The molecule has 4 rings (SSSR count). The maximum Gasteiger partial charge on any atom is 0.335 e. The fourth-order valence-corrected chi connectivity index (χ4v) is 3.34. The first-order chi connectivity index (χ1) is 13.0. The second-order valence-electron chi connectivity index (χ2n) is 7.14. The van der Waals surface area contributed by atoms with E-state index in [1.54, 1.807) is 29.2 Å². The number of nitrogens with zero attached hydrogens (tertiary/aromatic N) is 3. The summed E-state index contributed by atoms with van der Waals surface area (Å²) in [7, 11) is 0. The predicted octanol–water partition coefficient (Wildman–Crippen LogP) is 2.97. The summed E-state index contributed by atoms with van der Waals surface area (Å²) in [5, 5.41) is 24.5. The number of ether oxygens (including phenoxy) is 1. The molecule has 140 valence electrons. The highest BCUT2D eigenvalue weighted by molar-refractivity contribution is 5.87. The fraction of sp³-hybridized carbons (Fsp3) is 0.350. The Kier molecular flexibility index (Phi) is 4.63. The van der Waals surface area contributed by atoms with Crippen LogP contribution in [0.15, 0.2) is 42.7 Å². The summed E-state index contributed by atoms with van der Waals surface area (Å²) in [5.74, 6) is -0.261. The van der Waals surface area contributed by atoms with Gasteiger partial charge in [-0.25, -0.2) is 14.5 Å². The number of aromatic nitrogens is 3. The molecule has 1 saturated carbocycles. The van der Waals surface area contributed by atoms with E-state index in [1.165, 1.54) is 12.1 Å². The zero-order valence-corrected chi connectivity index (χ0v) is 14.9. The fourth-order valence-electron chi connectivity index (χ4n) is 3.34. The second-order valence-corrected chi connectivity index (χ2v) is 7.14. The molecule has 3 aromatic rings. The number of aliphatic hydroxyl groups is 1. The molecule has 1 aromatic carbocycles. The Bertz CT molecular complexity index is 961. The average Bonchev–Trinajstić information content (AvgIpc) is 3.07. The topological polar surface area (TPSA) is 97.5 Å². The predicted molar refractivity (Wildman–Crippen MR) is 98.9 cm³/mol. The van der Waals surface area contributed by atoms with Gasteiger partial charge in [-0.05, 0) is 49.1 Å². The van der Waals surface area contributed by atoms with Crippen LogP contribution in [0.1, 0.15) is 41.8 Å². The summed E-state index contributed by atoms with van der Waals surface area (Å²) in [6.07, 6.45) is 4.94. The van der Waals surface area contributed by atoms with Crippen molar-refractivity contribution in [3.05, 3.63) is 53.9 Å². The van der Waals surface area contributed by atoms with Gasteiger partial charge in [-0.2, -0.15) is 5.10 Å². The first-order valence-corrected chi connectivity index (χ1v) is 8.98. The number of carboxylic acids is 1. The van der Waals surface area contributed by atoms with Crippen LogP contribution in [0.3, 0.4) is 0 Å². The first kappa shape index (κ1) is 17.6. The molecular weight excluding hydrogens is 346 g/mol. The molecule has 0 bridgehead atoms. The summed E-state index contributed by atoms with van der Waals surface area (Å²) < 4.78 is 7.38. The normalized spacial score (nSPS) is 20.4. The molecule has 0 radical (unpaired) electrons. The molecule has 7 heteroatoms. The summed E-state index contributed by atoms with van der Waals surface area (Å²) in [4.78, 5) is 15.4. The smallest absolute Gasteiger partial charge is 0.335 e. The van der Waals surface area contributed by atoms with Gasteiger partial charge in [-0.1, -0.05) is 6.92 Å². The molecule has 27 heavy (non-hydrogen) atoms. The van der Waals surface area contributed by atoms with Crippen molar-refractivity contribution in [1.29, 1.82) is 0 Å². The summed E-state index contributed by atoms with van der Waals surface area (Å²) in [6.45, 7) is 2.45. The molecule has 1 atom stereocenters. The number of rotatable bonds is 6. The molecule has 0 saturated heterocycles. The third-order valence-corrected chi connectivity index (χ3v) is 4.99. The van der Waals surface area contributed by atoms with E-state index in [0.717, 1.165) is 23.9 Å². The van der Waals surface area contributed by atoms with Crippen LogP contribution in [0.25, 0.3) is 16.7 Å². The maximum absolute atomic E-state index is 11.0. The molecule has 0 unspecified atom stereocenters. The molecule has 7 nitrogen and oxygen atoms in total. The molecule has 0 spiro atoms. The van der Waals surface area contributed by atoms with E-state index in [0.29, 0.717) is 17.1 Å². The number of benzene rings is 1. The van der Waals surface area contributed by atoms with Gasteiger partial charge in [0, 0.05) is 17.1 Å². The Morgan fingerprint density at radius 3 is 2.70 bits per heavy atom. The van der Waals surface area contributed by atoms with Crippen molar-refractivity contribution in [3.63, 3.8) is 0 Å². The minimum Gasteiger partial charge on any atom is -0.478 e. The van der Waals surface area contributed by atoms with Gasteiger partial charge in [0.05, 0.1) is 30.2 Å². The molecule has 2 heterocycles. The number of aliphatic hydroxyl groups excluding tert-OH is 1. The van der Waals surface area contributed by atoms with Crippen molar-refractivity contribution >= 4 is 17.0 Å². The number of hydrogen-bond donors (Lipinski definition) is 2. The van der Waals surface area contributed by atoms with Crippen LogP contribution in [-0.4, -0.2) is 43.7 Å². The van der Waals surface area contributed by atoms with Crippen molar-refractivity contribution in [2.24, 2.45) is 5.92 Å². The number of carbonyl (C=O) groups is 1. The molecule has 0 amide bonds. The maximum atomic E-state index is 11.0.